The number of hydrogen-bond acceptors (Lipinski definition) is 4. The number of rotatable bonds is 4. The molecule has 6 heteroatoms. The van der Waals surface area contributed by atoms with E-state index in [1.807, 2.05) is 16.8 Å². The van der Waals surface area contributed by atoms with E-state index < -0.39 is 0 Å². The molecular weight excluding hydrogens is 292 g/mol. The van der Waals surface area contributed by atoms with Gasteiger partial charge in [0.2, 0.25) is 11.8 Å². The first-order valence-corrected chi connectivity index (χ1v) is 8.93. The van der Waals surface area contributed by atoms with Crippen LogP contribution in [0.3, 0.4) is 0 Å². The van der Waals surface area contributed by atoms with Gasteiger partial charge in [-0.25, -0.2) is 0 Å². The Morgan fingerprint density at radius 3 is 2.30 bits per heavy atom. The number of piperazine rings is 1. The molecule has 0 unspecified atom stereocenters. The molecule has 3 rings (SSSR count). The zero-order chi connectivity index (χ0) is 16.6. The number of likely N-dealkylation sites (tertiary alicyclic amines) is 1. The van der Waals surface area contributed by atoms with E-state index in [4.69, 9.17) is 0 Å². The van der Waals surface area contributed by atoms with Crippen LogP contribution in [0.25, 0.3) is 0 Å². The van der Waals surface area contributed by atoms with Crippen LogP contribution in [0, 0.1) is 5.92 Å². The van der Waals surface area contributed by atoms with Crippen LogP contribution in [0.4, 0.5) is 0 Å². The van der Waals surface area contributed by atoms with Crippen LogP contribution in [0.1, 0.15) is 26.7 Å². The maximum absolute atomic E-state index is 12.3. The van der Waals surface area contributed by atoms with Gasteiger partial charge in [0.25, 0.3) is 0 Å². The standard InChI is InChI=1S/C17H30N4O2/c1-13-10-19(12-17(23)18(3)15-4-5-15)11-16(13)21-8-6-20(7-9-21)14(2)22/h13,15-16H,4-12H2,1-3H3/t13-,16-/m1/s1. The highest BCUT2D eigenvalue weighted by Crippen LogP contribution is 2.27. The SMILES string of the molecule is CC(=O)N1CCN([C@@H]2CN(CC(=O)N(C)C3CC3)C[C@H]2C)CC1. The Hall–Kier alpha value is -1.14. The van der Waals surface area contributed by atoms with Crippen LogP contribution in [-0.4, -0.2) is 96.4 Å². The fourth-order valence-corrected chi connectivity index (χ4v) is 3.99. The summed E-state index contributed by atoms with van der Waals surface area (Å²) in [4.78, 5) is 32.5. The van der Waals surface area contributed by atoms with E-state index in [-0.39, 0.29) is 11.8 Å². The summed E-state index contributed by atoms with van der Waals surface area (Å²) < 4.78 is 0. The Labute approximate surface area is 139 Å². The minimum atomic E-state index is 0.180. The first kappa shape index (κ1) is 16.7. The lowest BCUT2D eigenvalue weighted by molar-refractivity contribution is -0.132. The second kappa shape index (κ2) is 6.77. The summed E-state index contributed by atoms with van der Waals surface area (Å²) in [7, 11) is 1.94. The molecule has 0 radical (unpaired) electrons. The zero-order valence-corrected chi connectivity index (χ0v) is 14.7. The summed E-state index contributed by atoms with van der Waals surface area (Å²) in [6.45, 7) is 10.1. The molecule has 2 amide bonds. The van der Waals surface area contributed by atoms with Gasteiger partial charge in [-0.2, -0.15) is 0 Å². The molecule has 3 fully saturated rings. The normalized spacial score (nSPS) is 29.8. The maximum atomic E-state index is 12.3. The Kier molecular flexibility index (Phi) is 4.92. The van der Waals surface area contributed by atoms with Gasteiger partial charge in [0, 0.05) is 65.3 Å². The Balaban J connectivity index is 1.48. The van der Waals surface area contributed by atoms with Crippen LogP contribution in [-0.2, 0) is 9.59 Å². The highest BCUT2D eigenvalue weighted by Gasteiger charge is 2.37. The topological polar surface area (TPSA) is 47.1 Å². The number of likely N-dealkylation sites (N-methyl/N-ethyl adjacent to an activating group) is 1. The van der Waals surface area contributed by atoms with Crippen LogP contribution < -0.4 is 0 Å². The molecule has 0 aromatic rings. The predicted molar refractivity (Wildman–Crippen MR) is 89.0 cm³/mol. The third kappa shape index (κ3) is 3.86. The van der Waals surface area contributed by atoms with Gasteiger partial charge in [-0.3, -0.25) is 19.4 Å². The van der Waals surface area contributed by atoms with Crippen LogP contribution in [0.5, 0.6) is 0 Å². The quantitative estimate of drug-likeness (QED) is 0.736. The fourth-order valence-electron chi connectivity index (χ4n) is 3.99. The molecular formula is C17H30N4O2. The van der Waals surface area contributed by atoms with E-state index in [9.17, 15) is 9.59 Å². The predicted octanol–water partition coefficient (Wildman–Crippen LogP) is 0.0916. The van der Waals surface area contributed by atoms with Gasteiger partial charge < -0.3 is 9.80 Å². The Morgan fingerprint density at radius 1 is 1.09 bits per heavy atom. The smallest absolute Gasteiger partial charge is 0.236 e. The Bertz CT molecular complexity index is 458. The fraction of sp³-hybridized carbons (Fsp3) is 0.882. The lowest BCUT2D eigenvalue weighted by Crippen LogP contribution is -2.53. The van der Waals surface area contributed by atoms with E-state index in [1.165, 1.54) is 12.8 Å². The van der Waals surface area contributed by atoms with Crippen LogP contribution >= 0.6 is 0 Å². The van der Waals surface area contributed by atoms with Gasteiger partial charge in [-0.1, -0.05) is 6.92 Å². The van der Waals surface area contributed by atoms with Crippen molar-refractivity contribution < 1.29 is 9.59 Å². The van der Waals surface area contributed by atoms with E-state index >= 15 is 0 Å². The van der Waals surface area contributed by atoms with Gasteiger partial charge in [0.1, 0.15) is 0 Å². The summed E-state index contributed by atoms with van der Waals surface area (Å²) in [6.07, 6.45) is 2.34. The number of amides is 2. The van der Waals surface area contributed by atoms with Gasteiger partial charge in [0.05, 0.1) is 6.54 Å². The molecule has 1 aliphatic carbocycles. The van der Waals surface area contributed by atoms with Crippen LogP contribution in [0.2, 0.25) is 0 Å². The van der Waals surface area contributed by atoms with Crippen molar-refractivity contribution in [2.75, 3.05) is 52.9 Å². The first-order chi connectivity index (χ1) is 11.0. The molecule has 0 aromatic carbocycles. The van der Waals surface area contributed by atoms with Gasteiger partial charge in [-0.15, -0.1) is 0 Å². The summed E-state index contributed by atoms with van der Waals surface area (Å²) in [5.41, 5.74) is 0. The van der Waals surface area contributed by atoms with Gasteiger partial charge in [-0.05, 0) is 18.8 Å². The van der Waals surface area contributed by atoms with Crippen molar-refractivity contribution in [3.63, 3.8) is 0 Å². The van der Waals surface area contributed by atoms with Crippen molar-refractivity contribution in [2.45, 2.75) is 38.8 Å². The highest BCUT2D eigenvalue weighted by molar-refractivity contribution is 5.78. The summed E-state index contributed by atoms with van der Waals surface area (Å²) in [6, 6.07) is 1.01. The second-order valence-corrected chi connectivity index (χ2v) is 7.52. The van der Waals surface area contributed by atoms with Gasteiger partial charge >= 0.3 is 0 Å². The third-order valence-corrected chi connectivity index (χ3v) is 5.72. The van der Waals surface area contributed by atoms with Gasteiger partial charge in [0.15, 0.2) is 0 Å². The number of carbonyl (C=O) groups excluding carboxylic acids is 2. The van der Waals surface area contributed by atoms with Crippen molar-refractivity contribution in [3.8, 4) is 0 Å². The van der Waals surface area contributed by atoms with E-state index in [1.54, 1.807) is 6.92 Å². The molecule has 2 aliphatic heterocycles. The van der Waals surface area contributed by atoms with E-state index in [0.717, 1.165) is 39.3 Å². The monoisotopic (exact) mass is 322 g/mol. The maximum Gasteiger partial charge on any atom is 0.236 e. The summed E-state index contributed by atoms with van der Waals surface area (Å²) in [5, 5.41) is 0. The van der Waals surface area contributed by atoms with E-state index in [2.05, 4.69) is 16.7 Å². The average molecular weight is 322 g/mol. The molecule has 6 nitrogen and oxygen atoms in total. The molecule has 0 N–H and O–H groups in total. The second-order valence-electron chi connectivity index (χ2n) is 7.52. The summed E-state index contributed by atoms with van der Waals surface area (Å²) >= 11 is 0. The van der Waals surface area contributed by atoms with Crippen molar-refractivity contribution >= 4 is 11.8 Å². The third-order valence-electron chi connectivity index (χ3n) is 5.72. The number of carbonyl (C=O) groups is 2. The molecule has 0 spiro atoms. The molecule has 130 valence electrons. The number of nitrogens with zero attached hydrogens (tertiary/aromatic N) is 4. The molecule has 2 heterocycles. The minimum absolute atomic E-state index is 0.180. The molecule has 2 saturated heterocycles. The molecule has 23 heavy (non-hydrogen) atoms. The zero-order valence-electron chi connectivity index (χ0n) is 14.7. The average Bonchev–Trinajstić information content (AvgIpc) is 3.30. The number of hydrogen-bond donors (Lipinski definition) is 0. The lowest BCUT2D eigenvalue weighted by Gasteiger charge is -2.39. The molecule has 3 aliphatic rings. The van der Waals surface area contributed by atoms with Crippen molar-refractivity contribution in [1.29, 1.82) is 0 Å². The van der Waals surface area contributed by atoms with Crippen molar-refractivity contribution in [3.05, 3.63) is 0 Å². The molecule has 2 atom stereocenters. The first-order valence-electron chi connectivity index (χ1n) is 8.93. The minimum Gasteiger partial charge on any atom is -0.342 e. The highest BCUT2D eigenvalue weighted by atomic mass is 16.2. The molecule has 0 bridgehead atoms. The van der Waals surface area contributed by atoms with Crippen molar-refractivity contribution in [2.24, 2.45) is 5.92 Å². The Morgan fingerprint density at radius 2 is 1.74 bits per heavy atom. The lowest BCUT2D eigenvalue weighted by atomic mass is 10.0. The summed E-state index contributed by atoms with van der Waals surface area (Å²) in [5.74, 6) is 1.03. The molecule has 1 saturated carbocycles. The van der Waals surface area contributed by atoms with Crippen LogP contribution in [0.15, 0.2) is 0 Å². The van der Waals surface area contributed by atoms with Crippen molar-refractivity contribution in [1.82, 2.24) is 19.6 Å². The largest absolute Gasteiger partial charge is 0.342 e. The molecule has 0 aromatic heterocycles. The van der Waals surface area contributed by atoms with E-state index in [0.29, 0.717) is 24.5 Å².